The lowest BCUT2D eigenvalue weighted by Crippen LogP contribution is -2.47. The molecule has 2 heterocycles. The van der Waals surface area contributed by atoms with E-state index in [9.17, 15) is 4.79 Å². The molecular formula is C16H18N4O. The van der Waals surface area contributed by atoms with Crippen LogP contribution in [0.15, 0.2) is 42.7 Å². The molecular weight excluding hydrogens is 264 g/mol. The third-order valence-electron chi connectivity index (χ3n) is 3.74. The lowest BCUT2D eigenvalue weighted by molar-refractivity contribution is 0.101. The Morgan fingerprint density at radius 2 is 1.57 bits per heavy atom. The molecule has 108 valence electrons. The Labute approximate surface area is 124 Å². The molecule has 0 radical (unpaired) electrons. The van der Waals surface area contributed by atoms with Gasteiger partial charge in [-0.1, -0.05) is 12.1 Å². The third kappa shape index (κ3) is 2.86. The van der Waals surface area contributed by atoms with Gasteiger partial charge in [-0.3, -0.25) is 4.79 Å². The van der Waals surface area contributed by atoms with Crippen molar-refractivity contribution < 1.29 is 4.79 Å². The summed E-state index contributed by atoms with van der Waals surface area (Å²) < 4.78 is 0. The van der Waals surface area contributed by atoms with Crippen molar-refractivity contribution in [3.05, 3.63) is 48.3 Å². The van der Waals surface area contributed by atoms with E-state index in [2.05, 4.69) is 19.8 Å². The topological polar surface area (TPSA) is 49.3 Å². The average molecular weight is 282 g/mol. The van der Waals surface area contributed by atoms with Gasteiger partial charge in [0.1, 0.15) is 0 Å². The second kappa shape index (κ2) is 5.91. The van der Waals surface area contributed by atoms with Crippen molar-refractivity contribution in [2.45, 2.75) is 6.92 Å². The van der Waals surface area contributed by atoms with Crippen LogP contribution in [0.2, 0.25) is 0 Å². The van der Waals surface area contributed by atoms with Crippen LogP contribution in [0.25, 0.3) is 0 Å². The highest BCUT2D eigenvalue weighted by atomic mass is 16.1. The zero-order valence-corrected chi connectivity index (χ0v) is 12.1. The SMILES string of the molecule is CC(=O)c1ccccc1N1CCN(c2ncccn2)CC1. The van der Waals surface area contributed by atoms with Crippen LogP contribution >= 0.6 is 0 Å². The summed E-state index contributed by atoms with van der Waals surface area (Å²) in [5.74, 6) is 0.886. The van der Waals surface area contributed by atoms with E-state index in [0.29, 0.717) is 0 Å². The molecule has 5 heteroatoms. The molecule has 3 rings (SSSR count). The van der Waals surface area contributed by atoms with E-state index in [0.717, 1.165) is 43.4 Å². The van der Waals surface area contributed by atoms with Gasteiger partial charge in [-0.15, -0.1) is 0 Å². The van der Waals surface area contributed by atoms with Crippen LogP contribution in [0, 0.1) is 0 Å². The van der Waals surface area contributed by atoms with Gasteiger partial charge in [0.15, 0.2) is 5.78 Å². The summed E-state index contributed by atoms with van der Waals surface area (Å²) in [5.41, 5.74) is 1.82. The van der Waals surface area contributed by atoms with Gasteiger partial charge < -0.3 is 9.80 Å². The first-order valence-electron chi connectivity index (χ1n) is 7.12. The number of Topliss-reactive ketones (excluding diaryl/α,β-unsaturated/α-hetero) is 1. The number of piperazine rings is 1. The van der Waals surface area contributed by atoms with Crippen LogP contribution in [0.1, 0.15) is 17.3 Å². The van der Waals surface area contributed by atoms with Crippen LogP contribution in [-0.4, -0.2) is 41.9 Å². The maximum absolute atomic E-state index is 11.7. The number of para-hydroxylation sites is 1. The number of carbonyl (C=O) groups is 1. The summed E-state index contributed by atoms with van der Waals surface area (Å²) in [7, 11) is 0. The second-order valence-corrected chi connectivity index (χ2v) is 5.10. The maximum Gasteiger partial charge on any atom is 0.225 e. The summed E-state index contributed by atoms with van der Waals surface area (Å²) in [6.07, 6.45) is 3.53. The van der Waals surface area contributed by atoms with Gasteiger partial charge in [0, 0.05) is 49.8 Å². The number of rotatable bonds is 3. The van der Waals surface area contributed by atoms with Crippen LogP contribution in [0.3, 0.4) is 0 Å². The second-order valence-electron chi connectivity index (χ2n) is 5.10. The normalized spacial score (nSPS) is 15.1. The molecule has 1 saturated heterocycles. The fourth-order valence-corrected chi connectivity index (χ4v) is 2.65. The Morgan fingerprint density at radius 1 is 0.952 bits per heavy atom. The van der Waals surface area contributed by atoms with Gasteiger partial charge in [0.2, 0.25) is 5.95 Å². The number of benzene rings is 1. The van der Waals surface area contributed by atoms with Crippen molar-refractivity contribution in [3.63, 3.8) is 0 Å². The van der Waals surface area contributed by atoms with Crippen LogP contribution in [-0.2, 0) is 0 Å². The minimum Gasteiger partial charge on any atom is -0.367 e. The predicted molar refractivity (Wildman–Crippen MR) is 82.9 cm³/mol. The van der Waals surface area contributed by atoms with Crippen molar-refractivity contribution in [1.29, 1.82) is 0 Å². The van der Waals surface area contributed by atoms with E-state index >= 15 is 0 Å². The quantitative estimate of drug-likeness (QED) is 0.806. The summed E-state index contributed by atoms with van der Waals surface area (Å²) >= 11 is 0. The molecule has 0 amide bonds. The fraction of sp³-hybridized carbons (Fsp3) is 0.312. The Bertz CT molecular complexity index is 621. The summed E-state index contributed by atoms with van der Waals surface area (Å²) in [6, 6.07) is 9.63. The molecule has 5 nitrogen and oxygen atoms in total. The number of hydrogen-bond donors (Lipinski definition) is 0. The first-order valence-corrected chi connectivity index (χ1v) is 7.12. The van der Waals surface area contributed by atoms with Crippen molar-refractivity contribution in [2.24, 2.45) is 0 Å². The van der Waals surface area contributed by atoms with E-state index in [1.165, 1.54) is 0 Å². The molecule has 0 spiro atoms. The van der Waals surface area contributed by atoms with E-state index in [-0.39, 0.29) is 5.78 Å². The van der Waals surface area contributed by atoms with Gasteiger partial charge in [0.25, 0.3) is 0 Å². The van der Waals surface area contributed by atoms with Gasteiger partial charge in [-0.2, -0.15) is 0 Å². The smallest absolute Gasteiger partial charge is 0.225 e. The van der Waals surface area contributed by atoms with Crippen molar-refractivity contribution in [1.82, 2.24) is 9.97 Å². The molecule has 1 fully saturated rings. The molecule has 1 aromatic heterocycles. The molecule has 2 aromatic rings. The summed E-state index contributed by atoms with van der Waals surface area (Å²) in [4.78, 5) is 24.7. The highest BCUT2D eigenvalue weighted by molar-refractivity contribution is 5.99. The fourth-order valence-electron chi connectivity index (χ4n) is 2.65. The molecule has 1 aliphatic heterocycles. The molecule has 0 saturated carbocycles. The number of aromatic nitrogens is 2. The minimum atomic E-state index is 0.111. The first kappa shape index (κ1) is 13.5. The Hall–Kier alpha value is -2.43. The number of anilines is 2. The van der Waals surface area contributed by atoms with E-state index in [1.54, 1.807) is 19.3 Å². The Kier molecular flexibility index (Phi) is 3.81. The highest BCUT2D eigenvalue weighted by Gasteiger charge is 2.21. The Morgan fingerprint density at radius 3 is 2.24 bits per heavy atom. The molecule has 0 aliphatic carbocycles. The Balaban J connectivity index is 1.73. The third-order valence-corrected chi connectivity index (χ3v) is 3.74. The highest BCUT2D eigenvalue weighted by Crippen LogP contribution is 2.23. The standard InChI is InChI=1S/C16H18N4O/c1-13(21)14-5-2-3-6-15(14)19-9-11-20(12-10-19)16-17-7-4-8-18-16/h2-8H,9-12H2,1H3. The van der Waals surface area contributed by atoms with Gasteiger partial charge >= 0.3 is 0 Å². The minimum absolute atomic E-state index is 0.111. The van der Waals surface area contributed by atoms with Crippen molar-refractivity contribution in [2.75, 3.05) is 36.0 Å². The average Bonchev–Trinajstić information content (AvgIpc) is 2.56. The van der Waals surface area contributed by atoms with E-state index in [4.69, 9.17) is 0 Å². The first-order chi connectivity index (χ1) is 10.3. The number of carbonyl (C=O) groups excluding carboxylic acids is 1. The molecule has 0 bridgehead atoms. The lowest BCUT2D eigenvalue weighted by Gasteiger charge is -2.36. The molecule has 0 atom stereocenters. The largest absolute Gasteiger partial charge is 0.367 e. The number of ketones is 1. The molecule has 0 unspecified atom stereocenters. The summed E-state index contributed by atoms with van der Waals surface area (Å²) in [5, 5.41) is 0. The molecule has 1 aliphatic rings. The maximum atomic E-state index is 11.7. The van der Waals surface area contributed by atoms with Crippen LogP contribution in [0.4, 0.5) is 11.6 Å². The monoisotopic (exact) mass is 282 g/mol. The number of hydrogen-bond acceptors (Lipinski definition) is 5. The predicted octanol–water partition coefficient (Wildman–Crippen LogP) is 2.01. The van der Waals surface area contributed by atoms with Gasteiger partial charge in [-0.05, 0) is 25.1 Å². The van der Waals surface area contributed by atoms with Crippen molar-refractivity contribution in [3.8, 4) is 0 Å². The summed E-state index contributed by atoms with van der Waals surface area (Å²) in [6.45, 7) is 5.06. The van der Waals surface area contributed by atoms with E-state index < -0.39 is 0 Å². The molecule has 21 heavy (non-hydrogen) atoms. The zero-order chi connectivity index (χ0) is 14.7. The van der Waals surface area contributed by atoms with Crippen LogP contribution in [0.5, 0.6) is 0 Å². The lowest BCUT2D eigenvalue weighted by atomic mass is 10.1. The van der Waals surface area contributed by atoms with Crippen LogP contribution < -0.4 is 9.80 Å². The van der Waals surface area contributed by atoms with E-state index in [1.807, 2.05) is 30.3 Å². The molecule has 0 N–H and O–H groups in total. The zero-order valence-electron chi connectivity index (χ0n) is 12.1. The van der Waals surface area contributed by atoms with Gasteiger partial charge in [0.05, 0.1) is 0 Å². The van der Waals surface area contributed by atoms with Crippen molar-refractivity contribution >= 4 is 17.4 Å². The number of nitrogens with zero attached hydrogens (tertiary/aromatic N) is 4. The molecule has 1 aromatic carbocycles. The van der Waals surface area contributed by atoms with Gasteiger partial charge in [-0.25, -0.2) is 9.97 Å².